The van der Waals surface area contributed by atoms with Crippen LogP contribution in [0.3, 0.4) is 0 Å². The second-order valence-corrected chi connectivity index (χ2v) is 9.35. The van der Waals surface area contributed by atoms with E-state index in [0.717, 1.165) is 11.3 Å². The number of benzene rings is 3. The first kappa shape index (κ1) is 23.3. The van der Waals surface area contributed by atoms with Crippen LogP contribution in [0.25, 0.3) is 17.4 Å². The number of methoxy groups -OCH3 is 1. The molecule has 8 heteroatoms. The van der Waals surface area contributed by atoms with Crippen molar-refractivity contribution >= 4 is 63.5 Å². The molecule has 1 aliphatic heterocycles. The van der Waals surface area contributed by atoms with Crippen molar-refractivity contribution in [1.29, 1.82) is 0 Å². The molecule has 3 aromatic carbocycles. The number of halogens is 2. The van der Waals surface area contributed by atoms with E-state index >= 15 is 0 Å². The topological polar surface area (TPSA) is 55.0 Å². The Kier molecular flexibility index (Phi) is 6.68. The van der Waals surface area contributed by atoms with Crippen LogP contribution in [0.2, 0.25) is 10.0 Å². The van der Waals surface area contributed by atoms with Gasteiger partial charge in [-0.3, -0.25) is 9.69 Å². The summed E-state index contributed by atoms with van der Waals surface area (Å²) in [6.45, 7) is 0. The molecule has 174 valence electrons. The zero-order valence-corrected chi connectivity index (χ0v) is 20.8. The number of furan rings is 1. The predicted molar refractivity (Wildman–Crippen MR) is 144 cm³/mol. The minimum Gasteiger partial charge on any atom is -0.497 e. The van der Waals surface area contributed by atoms with E-state index in [0.29, 0.717) is 43.0 Å². The number of thioether (sulfide) groups is 1. The Morgan fingerprint density at radius 3 is 2.40 bits per heavy atom. The first-order valence-electron chi connectivity index (χ1n) is 10.6. The van der Waals surface area contributed by atoms with Gasteiger partial charge in [0, 0.05) is 16.7 Å². The van der Waals surface area contributed by atoms with Crippen molar-refractivity contribution < 1.29 is 13.9 Å². The van der Waals surface area contributed by atoms with Crippen molar-refractivity contribution in [3.8, 4) is 17.1 Å². The third kappa shape index (κ3) is 5.00. The highest BCUT2D eigenvalue weighted by Crippen LogP contribution is 2.38. The molecule has 0 unspecified atom stereocenters. The average molecular weight is 521 g/mol. The predicted octanol–water partition coefficient (Wildman–Crippen LogP) is 8.07. The number of aliphatic imine (C=N–C) groups is 1. The first-order chi connectivity index (χ1) is 17.0. The van der Waals surface area contributed by atoms with Gasteiger partial charge in [-0.25, -0.2) is 4.99 Å². The minimum absolute atomic E-state index is 0.208. The van der Waals surface area contributed by atoms with Crippen LogP contribution in [0.4, 0.5) is 11.4 Å². The fourth-order valence-corrected chi connectivity index (χ4v) is 4.84. The van der Waals surface area contributed by atoms with Gasteiger partial charge in [0.2, 0.25) is 0 Å². The molecule has 1 saturated heterocycles. The van der Waals surface area contributed by atoms with Crippen LogP contribution in [0.15, 0.2) is 99.2 Å². The van der Waals surface area contributed by atoms with Gasteiger partial charge in [-0.2, -0.15) is 0 Å². The molecule has 0 aliphatic carbocycles. The van der Waals surface area contributed by atoms with Gasteiger partial charge in [0.05, 0.1) is 28.4 Å². The van der Waals surface area contributed by atoms with Crippen molar-refractivity contribution in [2.45, 2.75) is 0 Å². The average Bonchev–Trinajstić information content (AvgIpc) is 3.45. The number of anilines is 1. The summed E-state index contributed by atoms with van der Waals surface area (Å²) < 4.78 is 11.2. The first-order valence-corrected chi connectivity index (χ1v) is 12.2. The molecule has 1 amide bonds. The van der Waals surface area contributed by atoms with Gasteiger partial charge in [0.1, 0.15) is 17.3 Å². The van der Waals surface area contributed by atoms with Crippen LogP contribution in [-0.2, 0) is 4.79 Å². The highest BCUT2D eigenvalue weighted by atomic mass is 35.5. The van der Waals surface area contributed by atoms with E-state index in [-0.39, 0.29) is 5.91 Å². The number of hydrogen-bond donors (Lipinski definition) is 0. The van der Waals surface area contributed by atoms with Gasteiger partial charge in [0.25, 0.3) is 5.91 Å². The SMILES string of the molecule is COc1ccc(N=C2S/C(=C\c3ccc(-c4ccccc4Cl)o3)C(=O)N2c2ccc(Cl)cc2)cc1. The lowest BCUT2D eigenvalue weighted by Crippen LogP contribution is -2.28. The van der Waals surface area contributed by atoms with E-state index in [4.69, 9.17) is 37.3 Å². The molecule has 0 saturated carbocycles. The molecule has 1 aromatic heterocycles. The summed E-state index contributed by atoms with van der Waals surface area (Å²) in [6.07, 6.45) is 1.72. The third-order valence-corrected chi connectivity index (χ3v) is 6.78. The zero-order chi connectivity index (χ0) is 24.4. The maximum Gasteiger partial charge on any atom is 0.271 e. The fraction of sp³-hybridized carbons (Fsp3) is 0.0370. The monoisotopic (exact) mass is 520 g/mol. The van der Waals surface area contributed by atoms with Gasteiger partial charge in [-0.15, -0.1) is 0 Å². The van der Waals surface area contributed by atoms with Crippen molar-refractivity contribution in [2.24, 2.45) is 4.99 Å². The molecule has 4 aromatic rings. The normalized spacial score (nSPS) is 15.9. The van der Waals surface area contributed by atoms with Gasteiger partial charge in [-0.1, -0.05) is 35.3 Å². The smallest absolute Gasteiger partial charge is 0.271 e. The van der Waals surface area contributed by atoms with E-state index in [9.17, 15) is 4.79 Å². The van der Waals surface area contributed by atoms with E-state index < -0.39 is 0 Å². The molecule has 0 bridgehead atoms. The number of amides is 1. The minimum atomic E-state index is -0.208. The van der Waals surface area contributed by atoms with Gasteiger partial charge in [-0.05, 0) is 84.6 Å². The summed E-state index contributed by atoms with van der Waals surface area (Å²) in [7, 11) is 1.61. The van der Waals surface area contributed by atoms with E-state index in [1.165, 1.54) is 11.8 Å². The van der Waals surface area contributed by atoms with Crippen LogP contribution in [-0.4, -0.2) is 18.2 Å². The highest BCUT2D eigenvalue weighted by Gasteiger charge is 2.35. The number of rotatable bonds is 5. The second kappa shape index (κ2) is 10.0. The summed E-state index contributed by atoms with van der Waals surface area (Å²) >= 11 is 13.6. The molecule has 0 atom stereocenters. The number of nitrogens with zero attached hydrogens (tertiary/aromatic N) is 2. The van der Waals surface area contributed by atoms with Crippen molar-refractivity contribution in [3.05, 3.63) is 106 Å². The molecule has 1 aliphatic rings. The molecule has 5 rings (SSSR count). The standard InChI is InChI=1S/C27H18Cl2N2O3S/c1-33-20-12-8-18(9-13-20)30-27-31(19-10-6-17(28)7-11-19)26(32)25(35-27)16-21-14-15-24(34-21)22-4-2-3-5-23(22)29/h2-16H,1H3/b25-16-,30-27?. The molecule has 1 fully saturated rings. The molecule has 2 heterocycles. The van der Waals surface area contributed by atoms with Crippen molar-refractivity contribution in [2.75, 3.05) is 12.0 Å². The third-order valence-electron chi connectivity index (χ3n) is 5.23. The Morgan fingerprint density at radius 2 is 1.69 bits per heavy atom. The maximum atomic E-state index is 13.5. The summed E-state index contributed by atoms with van der Waals surface area (Å²) in [5, 5.41) is 1.70. The largest absolute Gasteiger partial charge is 0.497 e. The maximum absolute atomic E-state index is 13.5. The summed E-state index contributed by atoms with van der Waals surface area (Å²) in [5.74, 6) is 1.68. The van der Waals surface area contributed by atoms with Gasteiger partial charge >= 0.3 is 0 Å². The molecular weight excluding hydrogens is 503 g/mol. The molecule has 35 heavy (non-hydrogen) atoms. The Morgan fingerprint density at radius 1 is 0.943 bits per heavy atom. The summed E-state index contributed by atoms with van der Waals surface area (Å²) in [4.78, 5) is 20.2. The molecular formula is C27H18Cl2N2O3S. The van der Waals surface area contributed by atoms with E-state index in [1.54, 1.807) is 48.4 Å². The molecule has 0 spiro atoms. The quantitative estimate of drug-likeness (QED) is 0.249. The lowest BCUT2D eigenvalue weighted by Gasteiger charge is -2.15. The lowest BCUT2D eigenvalue weighted by atomic mass is 10.2. The number of carbonyl (C=O) groups is 1. The summed E-state index contributed by atoms with van der Waals surface area (Å²) in [6, 6.07) is 25.5. The second-order valence-electron chi connectivity index (χ2n) is 7.50. The van der Waals surface area contributed by atoms with Crippen molar-refractivity contribution in [1.82, 2.24) is 0 Å². The molecule has 5 nitrogen and oxygen atoms in total. The van der Waals surface area contributed by atoms with Crippen LogP contribution in [0, 0.1) is 0 Å². The lowest BCUT2D eigenvalue weighted by molar-refractivity contribution is -0.113. The number of ether oxygens (including phenoxy) is 1. The zero-order valence-electron chi connectivity index (χ0n) is 18.4. The number of amidine groups is 1. The Labute approximate surface area is 216 Å². The van der Waals surface area contributed by atoms with E-state index in [1.807, 2.05) is 54.6 Å². The highest BCUT2D eigenvalue weighted by molar-refractivity contribution is 8.19. The van der Waals surface area contributed by atoms with Crippen LogP contribution < -0.4 is 9.64 Å². The number of carbonyl (C=O) groups excluding carboxylic acids is 1. The van der Waals surface area contributed by atoms with Crippen LogP contribution >= 0.6 is 35.0 Å². The fourth-order valence-electron chi connectivity index (χ4n) is 3.50. The van der Waals surface area contributed by atoms with Gasteiger partial charge in [0.15, 0.2) is 5.17 Å². The number of hydrogen-bond acceptors (Lipinski definition) is 5. The van der Waals surface area contributed by atoms with Gasteiger partial charge < -0.3 is 9.15 Å². The van der Waals surface area contributed by atoms with E-state index in [2.05, 4.69) is 0 Å². The van der Waals surface area contributed by atoms with Crippen molar-refractivity contribution in [3.63, 3.8) is 0 Å². The van der Waals surface area contributed by atoms with Crippen LogP contribution in [0.1, 0.15) is 5.76 Å². The Balaban J connectivity index is 1.51. The Bertz CT molecular complexity index is 1440. The van der Waals surface area contributed by atoms with Crippen LogP contribution in [0.5, 0.6) is 5.75 Å². The summed E-state index contributed by atoms with van der Waals surface area (Å²) in [5.41, 5.74) is 2.15. The Hall–Kier alpha value is -3.45. The molecule has 0 N–H and O–H groups in total. The molecule has 0 radical (unpaired) electrons.